The van der Waals surface area contributed by atoms with Crippen LogP contribution in [0.25, 0.3) is 0 Å². The molecule has 1 aliphatic heterocycles. The molecule has 1 saturated heterocycles. The Hall–Kier alpha value is -3.35. The first-order valence-electron chi connectivity index (χ1n) is 7.51. The van der Waals surface area contributed by atoms with Crippen molar-refractivity contribution in [2.75, 3.05) is 4.90 Å². The summed E-state index contributed by atoms with van der Waals surface area (Å²) in [5.41, 5.74) is 1.72. The van der Waals surface area contributed by atoms with Gasteiger partial charge in [-0.05, 0) is 43.3 Å². The zero-order valence-corrected chi connectivity index (χ0v) is 13.3. The molecule has 0 spiro atoms. The largest absolute Gasteiger partial charge is 0.335 e. The van der Waals surface area contributed by atoms with Gasteiger partial charge in [-0.25, -0.2) is 14.1 Å². The summed E-state index contributed by atoms with van der Waals surface area (Å²) in [6, 6.07) is 11.2. The second-order valence-electron chi connectivity index (χ2n) is 5.54. The van der Waals surface area contributed by atoms with Crippen molar-refractivity contribution >= 4 is 35.4 Å². The lowest BCUT2D eigenvalue weighted by Gasteiger charge is -2.28. The Balaban J connectivity index is 1.87. The Morgan fingerprint density at radius 3 is 2.32 bits per heavy atom. The highest BCUT2D eigenvalue weighted by Crippen LogP contribution is 2.21. The summed E-state index contributed by atoms with van der Waals surface area (Å²) in [5, 5.41) is 2.14. The van der Waals surface area contributed by atoms with Crippen molar-refractivity contribution in [2.24, 2.45) is 10.9 Å². The molecular formula is C18H14FN3O3. The number of halogens is 1. The number of aryl methyl sites for hydroxylation is 1. The van der Waals surface area contributed by atoms with E-state index in [9.17, 15) is 18.8 Å². The summed E-state index contributed by atoms with van der Waals surface area (Å²) in [6.45, 7) is 1.88. The first-order valence-corrected chi connectivity index (χ1v) is 7.51. The van der Waals surface area contributed by atoms with Crippen molar-refractivity contribution in [3.05, 3.63) is 59.9 Å². The minimum atomic E-state index is -1.25. The molecule has 6 nitrogen and oxygen atoms in total. The number of amides is 4. The molecule has 7 heteroatoms. The van der Waals surface area contributed by atoms with Crippen LogP contribution in [0.4, 0.5) is 20.6 Å². The molecule has 0 aromatic heterocycles. The first kappa shape index (κ1) is 16.5. The van der Waals surface area contributed by atoms with Crippen molar-refractivity contribution in [1.82, 2.24) is 5.32 Å². The third-order valence-electron chi connectivity index (χ3n) is 3.69. The quantitative estimate of drug-likeness (QED) is 0.690. The number of aliphatic imine (C=N–C) groups is 1. The van der Waals surface area contributed by atoms with E-state index < -0.39 is 29.6 Å². The lowest BCUT2D eigenvalue weighted by atomic mass is 10.1. The van der Waals surface area contributed by atoms with Gasteiger partial charge in [0, 0.05) is 6.21 Å². The Morgan fingerprint density at radius 1 is 1.04 bits per heavy atom. The third-order valence-corrected chi connectivity index (χ3v) is 3.69. The topological polar surface area (TPSA) is 78.8 Å². The Kier molecular flexibility index (Phi) is 4.38. The normalized spacial score (nSPS) is 17.9. The van der Waals surface area contributed by atoms with Gasteiger partial charge in [-0.15, -0.1) is 0 Å². The van der Waals surface area contributed by atoms with Crippen molar-refractivity contribution in [2.45, 2.75) is 6.92 Å². The van der Waals surface area contributed by atoms with Gasteiger partial charge >= 0.3 is 6.03 Å². The highest BCUT2D eigenvalue weighted by Gasteiger charge is 2.40. The number of hydrogen-bond acceptors (Lipinski definition) is 4. The summed E-state index contributed by atoms with van der Waals surface area (Å²) in [7, 11) is 0. The number of benzene rings is 2. The molecule has 0 saturated carbocycles. The molecule has 2 aromatic rings. The van der Waals surface area contributed by atoms with Gasteiger partial charge in [-0.3, -0.25) is 19.9 Å². The average molecular weight is 339 g/mol. The van der Waals surface area contributed by atoms with Gasteiger partial charge in [-0.2, -0.15) is 0 Å². The van der Waals surface area contributed by atoms with E-state index in [-0.39, 0.29) is 0 Å². The molecule has 25 heavy (non-hydrogen) atoms. The standard InChI is InChI=1S/C18H14FN3O3/c1-11-2-8-14(9-3-11)22-17(24)15(16(23)21-18(22)25)10-20-13-6-4-12(19)5-7-13/h2-10,15H,1H3,(H,21,23,25)/t15-/m0/s1. The van der Waals surface area contributed by atoms with Gasteiger partial charge in [0.25, 0.3) is 5.91 Å². The van der Waals surface area contributed by atoms with Crippen LogP contribution in [0.2, 0.25) is 0 Å². The fraction of sp³-hybridized carbons (Fsp3) is 0.111. The highest BCUT2D eigenvalue weighted by molar-refractivity contribution is 6.32. The number of imide groups is 2. The first-order chi connectivity index (χ1) is 12.0. The lowest BCUT2D eigenvalue weighted by molar-refractivity contribution is -0.131. The molecule has 1 N–H and O–H groups in total. The molecule has 0 unspecified atom stereocenters. The Bertz CT molecular complexity index is 860. The van der Waals surface area contributed by atoms with E-state index in [1.807, 2.05) is 6.92 Å². The number of rotatable bonds is 3. The van der Waals surface area contributed by atoms with Crippen LogP contribution in [0.5, 0.6) is 0 Å². The van der Waals surface area contributed by atoms with Crippen LogP contribution in [0.3, 0.4) is 0 Å². The predicted molar refractivity (Wildman–Crippen MR) is 90.2 cm³/mol. The van der Waals surface area contributed by atoms with Crippen molar-refractivity contribution < 1.29 is 18.8 Å². The minimum absolute atomic E-state index is 0.362. The zero-order chi connectivity index (χ0) is 18.0. The van der Waals surface area contributed by atoms with E-state index in [1.54, 1.807) is 24.3 Å². The molecule has 1 heterocycles. The monoisotopic (exact) mass is 339 g/mol. The zero-order valence-electron chi connectivity index (χ0n) is 13.3. The van der Waals surface area contributed by atoms with Crippen LogP contribution in [0, 0.1) is 18.7 Å². The highest BCUT2D eigenvalue weighted by atomic mass is 19.1. The van der Waals surface area contributed by atoms with Gasteiger partial charge in [0.15, 0.2) is 5.92 Å². The summed E-state index contributed by atoms with van der Waals surface area (Å²) < 4.78 is 12.9. The SMILES string of the molecule is Cc1ccc(N2C(=O)NC(=O)[C@H](C=Nc3ccc(F)cc3)C2=O)cc1. The number of carbonyl (C=O) groups excluding carboxylic acids is 3. The molecular weight excluding hydrogens is 325 g/mol. The van der Waals surface area contributed by atoms with Crippen LogP contribution < -0.4 is 10.2 Å². The fourth-order valence-corrected chi connectivity index (χ4v) is 2.35. The lowest BCUT2D eigenvalue weighted by Crippen LogP contribution is -2.58. The molecule has 1 fully saturated rings. The summed E-state index contributed by atoms with van der Waals surface area (Å²) in [4.78, 5) is 41.6. The van der Waals surface area contributed by atoms with E-state index in [0.29, 0.717) is 11.4 Å². The maximum Gasteiger partial charge on any atom is 0.335 e. The van der Waals surface area contributed by atoms with E-state index in [1.165, 1.54) is 24.3 Å². The molecule has 3 rings (SSSR count). The number of hydrogen-bond donors (Lipinski definition) is 1. The van der Waals surface area contributed by atoms with Crippen molar-refractivity contribution in [3.63, 3.8) is 0 Å². The second-order valence-corrected chi connectivity index (χ2v) is 5.54. The smallest absolute Gasteiger partial charge is 0.276 e. The van der Waals surface area contributed by atoms with E-state index in [2.05, 4.69) is 10.3 Å². The maximum absolute atomic E-state index is 12.9. The number of anilines is 1. The van der Waals surface area contributed by atoms with Gasteiger partial charge < -0.3 is 0 Å². The summed E-state index contributed by atoms with van der Waals surface area (Å²) in [5.74, 6) is -3.10. The molecule has 1 aliphatic rings. The van der Waals surface area contributed by atoms with Crippen LogP contribution in [0.1, 0.15) is 5.56 Å². The van der Waals surface area contributed by atoms with E-state index in [0.717, 1.165) is 16.7 Å². The van der Waals surface area contributed by atoms with Gasteiger partial charge in [0.05, 0.1) is 11.4 Å². The van der Waals surface area contributed by atoms with Crippen LogP contribution in [0.15, 0.2) is 53.5 Å². The molecule has 0 aliphatic carbocycles. The van der Waals surface area contributed by atoms with Gasteiger partial charge in [0.1, 0.15) is 5.82 Å². The predicted octanol–water partition coefficient (Wildman–Crippen LogP) is 2.74. The number of nitrogens with one attached hydrogen (secondary N) is 1. The van der Waals surface area contributed by atoms with Gasteiger partial charge in [0.2, 0.25) is 5.91 Å². The van der Waals surface area contributed by atoms with Crippen LogP contribution >= 0.6 is 0 Å². The number of nitrogens with zero attached hydrogens (tertiary/aromatic N) is 2. The third kappa shape index (κ3) is 3.45. The molecule has 1 atom stereocenters. The number of carbonyl (C=O) groups is 3. The fourth-order valence-electron chi connectivity index (χ4n) is 2.35. The Labute approximate surface area is 143 Å². The molecule has 0 bridgehead atoms. The maximum atomic E-state index is 12.9. The molecule has 126 valence electrons. The van der Waals surface area contributed by atoms with E-state index >= 15 is 0 Å². The van der Waals surface area contributed by atoms with Crippen LogP contribution in [-0.4, -0.2) is 24.1 Å². The molecule has 0 radical (unpaired) electrons. The second kappa shape index (κ2) is 6.64. The number of barbiturate groups is 1. The van der Waals surface area contributed by atoms with Crippen molar-refractivity contribution in [3.8, 4) is 0 Å². The summed E-state index contributed by atoms with van der Waals surface area (Å²) >= 11 is 0. The van der Waals surface area contributed by atoms with E-state index in [4.69, 9.17) is 0 Å². The van der Waals surface area contributed by atoms with Gasteiger partial charge in [-0.1, -0.05) is 17.7 Å². The summed E-state index contributed by atoms with van der Waals surface area (Å²) in [6.07, 6.45) is 1.15. The minimum Gasteiger partial charge on any atom is -0.276 e. The average Bonchev–Trinajstić information content (AvgIpc) is 2.57. The van der Waals surface area contributed by atoms with Crippen molar-refractivity contribution in [1.29, 1.82) is 0 Å². The molecule has 4 amide bonds. The molecule has 2 aromatic carbocycles. The Morgan fingerprint density at radius 2 is 1.68 bits per heavy atom. The van der Waals surface area contributed by atoms with Crippen LogP contribution in [-0.2, 0) is 9.59 Å². The number of urea groups is 1.